The Bertz CT molecular complexity index is 1260. The molecule has 0 aliphatic heterocycles. The first-order valence-corrected chi connectivity index (χ1v) is 9.30. The first-order chi connectivity index (χ1) is 14.0. The predicted molar refractivity (Wildman–Crippen MR) is 111 cm³/mol. The van der Waals surface area contributed by atoms with Crippen LogP contribution in [-0.2, 0) is 9.53 Å². The standard InChI is InChI=1S/C23H21N3O3/c1-13-8-20(28-2)22(16-6-7-25-23(13)16)17(11-21(27)29-3)19-10-15-9-14(12-24)4-5-18(15)26-19/h4-10,17,25-26H,11H2,1-3H3. The van der Waals surface area contributed by atoms with E-state index in [1.54, 1.807) is 13.2 Å². The number of nitriles is 1. The van der Waals surface area contributed by atoms with Gasteiger partial charge in [-0.25, -0.2) is 0 Å². The SMILES string of the molecule is COC(=O)CC(c1cc2cc(C#N)ccc2[nH]1)c1c(OC)cc(C)c2[nH]ccc12. The fourth-order valence-electron chi connectivity index (χ4n) is 3.96. The monoisotopic (exact) mass is 387 g/mol. The van der Waals surface area contributed by atoms with Crippen LogP contribution in [0.25, 0.3) is 21.8 Å². The van der Waals surface area contributed by atoms with Gasteiger partial charge in [0.1, 0.15) is 5.75 Å². The number of carbonyl (C=O) groups excluding carboxylic acids is 1. The third-order valence-electron chi connectivity index (χ3n) is 5.36. The number of esters is 1. The van der Waals surface area contributed by atoms with Crippen LogP contribution in [0.3, 0.4) is 0 Å². The highest BCUT2D eigenvalue weighted by Gasteiger charge is 2.27. The number of aryl methyl sites for hydroxylation is 1. The van der Waals surface area contributed by atoms with E-state index in [-0.39, 0.29) is 18.3 Å². The molecule has 0 aliphatic carbocycles. The molecule has 2 heterocycles. The molecule has 6 nitrogen and oxygen atoms in total. The topological polar surface area (TPSA) is 90.9 Å². The van der Waals surface area contributed by atoms with Crippen molar-refractivity contribution in [3.8, 4) is 11.8 Å². The number of fused-ring (bicyclic) bond motifs is 2. The van der Waals surface area contributed by atoms with E-state index in [2.05, 4.69) is 16.0 Å². The predicted octanol–water partition coefficient (Wildman–Crippen LogP) is 4.53. The third-order valence-corrected chi connectivity index (χ3v) is 5.36. The van der Waals surface area contributed by atoms with Gasteiger partial charge < -0.3 is 19.4 Å². The number of aromatic amines is 2. The number of nitrogens with zero attached hydrogens (tertiary/aromatic N) is 1. The second kappa shape index (κ2) is 7.36. The molecule has 0 radical (unpaired) electrons. The Morgan fingerprint density at radius 1 is 1.21 bits per heavy atom. The van der Waals surface area contributed by atoms with Crippen LogP contribution in [0.4, 0.5) is 0 Å². The molecule has 6 heteroatoms. The largest absolute Gasteiger partial charge is 0.496 e. The average molecular weight is 387 g/mol. The van der Waals surface area contributed by atoms with Crippen molar-refractivity contribution in [1.29, 1.82) is 5.26 Å². The minimum atomic E-state index is -0.308. The lowest BCUT2D eigenvalue weighted by atomic mass is 9.88. The van der Waals surface area contributed by atoms with Gasteiger partial charge in [-0.15, -0.1) is 0 Å². The van der Waals surface area contributed by atoms with Gasteiger partial charge in [-0.2, -0.15) is 5.26 Å². The van der Waals surface area contributed by atoms with E-state index in [1.807, 2.05) is 43.5 Å². The number of ether oxygens (including phenoxy) is 2. The van der Waals surface area contributed by atoms with E-state index >= 15 is 0 Å². The molecule has 1 unspecified atom stereocenters. The first kappa shape index (κ1) is 18.6. The van der Waals surface area contributed by atoms with E-state index in [0.717, 1.165) is 44.4 Å². The molecule has 0 fully saturated rings. The summed E-state index contributed by atoms with van der Waals surface area (Å²) in [5.74, 6) is 0.117. The lowest BCUT2D eigenvalue weighted by Crippen LogP contribution is -2.12. The van der Waals surface area contributed by atoms with Crippen LogP contribution in [0, 0.1) is 18.3 Å². The Hall–Kier alpha value is -3.72. The van der Waals surface area contributed by atoms with Gasteiger partial charge in [0.15, 0.2) is 0 Å². The summed E-state index contributed by atoms with van der Waals surface area (Å²) in [7, 11) is 3.03. The summed E-state index contributed by atoms with van der Waals surface area (Å²) in [4.78, 5) is 19.0. The fraction of sp³-hybridized carbons (Fsp3) is 0.217. The van der Waals surface area contributed by atoms with Crippen molar-refractivity contribution < 1.29 is 14.3 Å². The van der Waals surface area contributed by atoms with Crippen molar-refractivity contribution in [3.05, 3.63) is 65.0 Å². The molecule has 0 saturated carbocycles. The summed E-state index contributed by atoms with van der Waals surface area (Å²) < 4.78 is 10.7. The molecule has 146 valence electrons. The molecule has 4 rings (SSSR count). The maximum Gasteiger partial charge on any atom is 0.306 e. The summed E-state index contributed by atoms with van der Waals surface area (Å²) in [6.07, 6.45) is 2.05. The first-order valence-electron chi connectivity index (χ1n) is 9.30. The van der Waals surface area contributed by atoms with E-state index < -0.39 is 0 Å². The zero-order chi connectivity index (χ0) is 20.5. The molecule has 0 amide bonds. The number of methoxy groups -OCH3 is 2. The van der Waals surface area contributed by atoms with Gasteiger partial charge in [0, 0.05) is 45.2 Å². The van der Waals surface area contributed by atoms with Crippen molar-refractivity contribution in [2.45, 2.75) is 19.3 Å². The van der Waals surface area contributed by atoms with E-state index in [4.69, 9.17) is 9.47 Å². The summed E-state index contributed by atoms with van der Waals surface area (Å²) in [5, 5.41) is 11.1. The van der Waals surface area contributed by atoms with Crippen LogP contribution < -0.4 is 4.74 Å². The number of rotatable bonds is 5. The molecule has 4 aromatic rings. The minimum absolute atomic E-state index is 0.161. The zero-order valence-electron chi connectivity index (χ0n) is 16.5. The van der Waals surface area contributed by atoms with Gasteiger partial charge in [-0.05, 0) is 48.9 Å². The van der Waals surface area contributed by atoms with Gasteiger partial charge in [0.25, 0.3) is 0 Å². The Morgan fingerprint density at radius 2 is 2.03 bits per heavy atom. The quantitative estimate of drug-likeness (QED) is 0.492. The third kappa shape index (κ3) is 3.21. The second-order valence-corrected chi connectivity index (χ2v) is 7.05. The molecular formula is C23H21N3O3. The zero-order valence-corrected chi connectivity index (χ0v) is 16.5. The Kier molecular flexibility index (Phi) is 4.73. The maximum absolute atomic E-state index is 12.3. The molecule has 0 aliphatic rings. The number of aromatic nitrogens is 2. The number of hydrogen-bond acceptors (Lipinski definition) is 4. The van der Waals surface area contributed by atoms with Crippen LogP contribution in [0.1, 0.15) is 34.7 Å². The highest BCUT2D eigenvalue weighted by atomic mass is 16.5. The summed E-state index contributed by atoms with van der Waals surface area (Å²) in [5.41, 5.74) is 5.37. The number of carbonyl (C=O) groups is 1. The van der Waals surface area contributed by atoms with Gasteiger partial charge in [0.05, 0.1) is 32.3 Å². The van der Waals surface area contributed by atoms with Crippen molar-refractivity contribution in [1.82, 2.24) is 9.97 Å². The Morgan fingerprint density at radius 3 is 2.76 bits per heavy atom. The van der Waals surface area contributed by atoms with Gasteiger partial charge >= 0.3 is 5.97 Å². The van der Waals surface area contributed by atoms with Gasteiger partial charge in [0.2, 0.25) is 0 Å². The second-order valence-electron chi connectivity index (χ2n) is 7.05. The summed E-state index contributed by atoms with van der Waals surface area (Å²) in [6, 6.07) is 13.6. The van der Waals surface area contributed by atoms with Gasteiger partial charge in [-0.3, -0.25) is 4.79 Å². The Labute approximate surface area is 168 Å². The number of benzene rings is 2. The highest BCUT2D eigenvalue weighted by molar-refractivity contribution is 5.90. The van der Waals surface area contributed by atoms with Crippen LogP contribution >= 0.6 is 0 Å². The normalized spacial score (nSPS) is 12.1. The number of nitrogens with one attached hydrogen (secondary N) is 2. The summed E-state index contributed by atoms with van der Waals surface area (Å²) in [6.45, 7) is 2.02. The smallest absolute Gasteiger partial charge is 0.306 e. The molecule has 29 heavy (non-hydrogen) atoms. The van der Waals surface area contributed by atoms with E-state index in [1.165, 1.54) is 7.11 Å². The van der Waals surface area contributed by atoms with E-state index in [0.29, 0.717) is 5.56 Å². The van der Waals surface area contributed by atoms with Crippen LogP contribution in [0.15, 0.2) is 42.6 Å². The molecule has 2 aromatic heterocycles. The maximum atomic E-state index is 12.3. The van der Waals surface area contributed by atoms with Gasteiger partial charge in [-0.1, -0.05) is 0 Å². The molecule has 0 saturated heterocycles. The lowest BCUT2D eigenvalue weighted by Gasteiger charge is -2.20. The summed E-state index contributed by atoms with van der Waals surface area (Å²) >= 11 is 0. The fourth-order valence-corrected chi connectivity index (χ4v) is 3.96. The number of H-pyrrole nitrogens is 2. The minimum Gasteiger partial charge on any atom is -0.496 e. The van der Waals surface area contributed by atoms with Crippen LogP contribution in [0.5, 0.6) is 5.75 Å². The molecule has 0 spiro atoms. The molecular weight excluding hydrogens is 366 g/mol. The number of hydrogen-bond donors (Lipinski definition) is 2. The van der Waals surface area contributed by atoms with Crippen molar-refractivity contribution in [2.24, 2.45) is 0 Å². The van der Waals surface area contributed by atoms with Crippen molar-refractivity contribution in [2.75, 3.05) is 14.2 Å². The van der Waals surface area contributed by atoms with Crippen LogP contribution in [0.2, 0.25) is 0 Å². The molecule has 0 bridgehead atoms. The highest BCUT2D eigenvalue weighted by Crippen LogP contribution is 2.41. The van der Waals surface area contributed by atoms with Crippen LogP contribution in [-0.4, -0.2) is 30.2 Å². The van der Waals surface area contributed by atoms with Crippen molar-refractivity contribution in [3.63, 3.8) is 0 Å². The Balaban J connectivity index is 1.95. The molecule has 2 aromatic carbocycles. The molecule has 1 atom stereocenters. The lowest BCUT2D eigenvalue weighted by molar-refractivity contribution is -0.140. The average Bonchev–Trinajstić information content (AvgIpc) is 3.38. The molecule has 2 N–H and O–H groups in total. The van der Waals surface area contributed by atoms with Crippen molar-refractivity contribution >= 4 is 27.8 Å². The van der Waals surface area contributed by atoms with E-state index in [9.17, 15) is 10.1 Å².